The van der Waals surface area contributed by atoms with Gasteiger partial charge in [-0.15, -0.1) is 0 Å². The van der Waals surface area contributed by atoms with Crippen LogP contribution in [-0.4, -0.2) is 23.3 Å². The Bertz CT molecular complexity index is 723. The highest BCUT2D eigenvalue weighted by molar-refractivity contribution is 7.19. The molecule has 1 aromatic heterocycles. The van der Waals surface area contributed by atoms with E-state index < -0.39 is 0 Å². The molecule has 1 aromatic carbocycles. The second-order valence-electron chi connectivity index (χ2n) is 6.02. The standard InChI is InChI=1S/C18H21N3O2S/c1-12-16(13-6-3-2-4-7-13)24-18(20-12)21-15(22)8-5-11-19-17(23)14-9-10-14/h2-4,6-7,14H,5,8-11H2,1H3,(H,19,23)(H,20,21,22). The maximum atomic E-state index is 12.0. The van der Waals surface area contributed by atoms with Gasteiger partial charge in [0.2, 0.25) is 11.8 Å². The van der Waals surface area contributed by atoms with Gasteiger partial charge in [-0.2, -0.15) is 0 Å². The van der Waals surface area contributed by atoms with E-state index in [1.54, 1.807) is 0 Å². The van der Waals surface area contributed by atoms with Gasteiger partial charge in [-0.3, -0.25) is 9.59 Å². The number of hydrogen-bond acceptors (Lipinski definition) is 4. The van der Waals surface area contributed by atoms with Gasteiger partial charge in [-0.1, -0.05) is 41.7 Å². The van der Waals surface area contributed by atoms with E-state index in [2.05, 4.69) is 15.6 Å². The third-order valence-electron chi connectivity index (χ3n) is 3.91. The summed E-state index contributed by atoms with van der Waals surface area (Å²) >= 11 is 1.48. The summed E-state index contributed by atoms with van der Waals surface area (Å²) in [6.45, 7) is 2.50. The summed E-state index contributed by atoms with van der Waals surface area (Å²) in [6, 6.07) is 10.0. The number of anilines is 1. The van der Waals surface area contributed by atoms with Crippen molar-refractivity contribution in [2.24, 2.45) is 5.92 Å². The van der Waals surface area contributed by atoms with E-state index in [-0.39, 0.29) is 17.7 Å². The van der Waals surface area contributed by atoms with Gasteiger partial charge in [0.15, 0.2) is 5.13 Å². The molecule has 24 heavy (non-hydrogen) atoms. The largest absolute Gasteiger partial charge is 0.356 e. The third-order valence-corrected chi connectivity index (χ3v) is 5.03. The van der Waals surface area contributed by atoms with Crippen LogP contribution in [0.4, 0.5) is 5.13 Å². The smallest absolute Gasteiger partial charge is 0.226 e. The molecule has 0 bridgehead atoms. The Morgan fingerprint density at radius 3 is 2.71 bits per heavy atom. The van der Waals surface area contributed by atoms with Gasteiger partial charge in [-0.05, 0) is 31.7 Å². The lowest BCUT2D eigenvalue weighted by atomic mass is 10.2. The van der Waals surface area contributed by atoms with Gasteiger partial charge in [-0.25, -0.2) is 4.98 Å². The van der Waals surface area contributed by atoms with Crippen molar-refractivity contribution in [3.05, 3.63) is 36.0 Å². The number of nitrogens with zero attached hydrogens (tertiary/aromatic N) is 1. The predicted molar refractivity (Wildman–Crippen MR) is 95.9 cm³/mol. The Labute approximate surface area is 145 Å². The molecule has 2 N–H and O–H groups in total. The lowest BCUT2D eigenvalue weighted by molar-refractivity contribution is -0.122. The van der Waals surface area contributed by atoms with E-state index >= 15 is 0 Å². The van der Waals surface area contributed by atoms with Crippen molar-refractivity contribution in [3.63, 3.8) is 0 Å². The van der Waals surface area contributed by atoms with Crippen LogP contribution < -0.4 is 10.6 Å². The second-order valence-corrected chi connectivity index (χ2v) is 7.02. The number of aryl methyl sites for hydroxylation is 1. The van der Waals surface area contributed by atoms with E-state index in [4.69, 9.17) is 0 Å². The molecule has 1 fully saturated rings. The normalized spacial score (nSPS) is 13.5. The zero-order chi connectivity index (χ0) is 16.9. The number of nitrogens with one attached hydrogen (secondary N) is 2. The maximum Gasteiger partial charge on any atom is 0.226 e. The van der Waals surface area contributed by atoms with Gasteiger partial charge < -0.3 is 10.6 Å². The molecule has 6 heteroatoms. The van der Waals surface area contributed by atoms with E-state index in [0.717, 1.165) is 29.0 Å². The van der Waals surface area contributed by atoms with Crippen LogP contribution in [0.3, 0.4) is 0 Å². The zero-order valence-electron chi connectivity index (χ0n) is 13.7. The van der Waals surface area contributed by atoms with Crippen molar-refractivity contribution in [1.82, 2.24) is 10.3 Å². The molecule has 0 aliphatic heterocycles. The number of thiazole rings is 1. The zero-order valence-corrected chi connectivity index (χ0v) is 14.5. The Morgan fingerprint density at radius 1 is 1.25 bits per heavy atom. The summed E-state index contributed by atoms with van der Waals surface area (Å²) in [6.07, 6.45) is 3.02. The predicted octanol–water partition coefficient (Wildman–Crippen LogP) is 3.36. The highest BCUT2D eigenvalue weighted by atomic mass is 32.1. The Hall–Kier alpha value is -2.21. The first-order valence-corrected chi connectivity index (χ1v) is 9.05. The molecular weight excluding hydrogens is 322 g/mol. The summed E-state index contributed by atoms with van der Waals surface area (Å²) in [5, 5.41) is 6.34. The van der Waals surface area contributed by atoms with Crippen LogP contribution in [0.5, 0.6) is 0 Å². The molecule has 2 amide bonds. The summed E-state index contributed by atoms with van der Waals surface area (Å²) in [4.78, 5) is 29.0. The molecule has 3 rings (SSSR count). The van der Waals surface area contributed by atoms with Crippen LogP contribution in [0, 0.1) is 12.8 Å². The van der Waals surface area contributed by atoms with E-state index in [0.29, 0.717) is 24.5 Å². The van der Waals surface area contributed by atoms with Crippen LogP contribution in [0.1, 0.15) is 31.4 Å². The van der Waals surface area contributed by atoms with Gasteiger partial charge in [0.25, 0.3) is 0 Å². The van der Waals surface area contributed by atoms with Gasteiger partial charge >= 0.3 is 0 Å². The van der Waals surface area contributed by atoms with Crippen molar-refractivity contribution < 1.29 is 9.59 Å². The molecule has 2 aromatic rings. The first-order valence-electron chi connectivity index (χ1n) is 8.24. The summed E-state index contributed by atoms with van der Waals surface area (Å²) in [5.41, 5.74) is 2.02. The molecule has 0 unspecified atom stereocenters. The molecule has 0 radical (unpaired) electrons. The Balaban J connectivity index is 1.47. The van der Waals surface area contributed by atoms with Crippen LogP contribution in [0.25, 0.3) is 10.4 Å². The van der Waals surface area contributed by atoms with Crippen molar-refractivity contribution in [2.45, 2.75) is 32.6 Å². The minimum atomic E-state index is -0.0657. The number of rotatable bonds is 7. The van der Waals surface area contributed by atoms with E-state index in [1.165, 1.54) is 11.3 Å². The summed E-state index contributed by atoms with van der Waals surface area (Å²) in [5.74, 6) is 0.274. The molecule has 0 atom stereocenters. The molecule has 1 aliphatic carbocycles. The monoisotopic (exact) mass is 343 g/mol. The van der Waals surface area contributed by atoms with Crippen LogP contribution in [0.2, 0.25) is 0 Å². The molecule has 1 saturated carbocycles. The van der Waals surface area contributed by atoms with Crippen molar-refractivity contribution in [1.29, 1.82) is 0 Å². The van der Waals surface area contributed by atoms with Crippen LogP contribution in [0.15, 0.2) is 30.3 Å². The Morgan fingerprint density at radius 2 is 2.00 bits per heavy atom. The summed E-state index contributed by atoms with van der Waals surface area (Å²) in [7, 11) is 0. The molecule has 5 nitrogen and oxygen atoms in total. The topological polar surface area (TPSA) is 71.1 Å². The van der Waals surface area contributed by atoms with Crippen molar-refractivity contribution in [3.8, 4) is 10.4 Å². The molecule has 1 heterocycles. The first kappa shape index (κ1) is 16.6. The number of benzene rings is 1. The van der Waals surface area contributed by atoms with Crippen LogP contribution in [-0.2, 0) is 9.59 Å². The third kappa shape index (κ3) is 4.41. The lowest BCUT2D eigenvalue weighted by Crippen LogP contribution is -2.26. The van der Waals surface area contributed by atoms with Crippen molar-refractivity contribution >= 4 is 28.3 Å². The molecule has 1 aliphatic rings. The van der Waals surface area contributed by atoms with E-state index in [9.17, 15) is 9.59 Å². The minimum Gasteiger partial charge on any atom is -0.356 e. The van der Waals surface area contributed by atoms with E-state index in [1.807, 2.05) is 37.3 Å². The SMILES string of the molecule is Cc1nc(NC(=O)CCCNC(=O)C2CC2)sc1-c1ccccc1. The van der Waals surface area contributed by atoms with Gasteiger partial charge in [0.05, 0.1) is 10.6 Å². The molecule has 0 saturated heterocycles. The van der Waals surface area contributed by atoms with Crippen LogP contribution >= 0.6 is 11.3 Å². The maximum absolute atomic E-state index is 12.0. The molecule has 0 spiro atoms. The average Bonchev–Trinajstić information content (AvgIpc) is 3.36. The van der Waals surface area contributed by atoms with Crippen molar-refractivity contribution in [2.75, 3.05) is 11.9 Å². The molecular formula is C18H21N3O2S. The summed E-state index contributed by atoms with van der Waals surface area (Å²) < 4.78 is 0. The minimum absolute atomic E-state index is 0.0657. The van der Waals surface area contributed by atoms with Gasteiger partial charge in [0, 0.05) is 18.9 Å². The fraction of sp³-hybridized carbons (Fsp3) is 0.389. The number of amides is 2. The average molecular weight is 343 g/mol. The quantitative estimate of drug-likeness (QED) is 0.757. The highest BCUT2D eigenvalue weighted by Gasteiger charge is 2.28. The number of aromatic nitrogens is 1. The number of carbonyl (C=O) groups excluding carboxylic acids is 2. The van der Waals surface area contributed by atoms with Gasteiger partial charge in [0.1, 0.15) is 0 Å². The number of hydrogen-bond donors (Lipinski definition) is 2. The lowest BCUT2D eigenvalue weighted by Gasteiger charge is -2.04. The fourth-order valence-corrected chi connectivity index (χ4v) is 3.43. The second kappa shape index (κ2) is 7.57. The highest BCUT2D eigenvalue weighted by Crippen LogP contribution is 2.32. The molecule has 126 valence electrons. The number of carbonyl (C=O) groups is 2. The Kier molecular flexibility index (Phi) is 5.25. The fourth-order valence-electron chi connectivity index (χ4n) is 2.44. The first-order chi connectivity index (χ1) is 11.6.